The Morgan fingerprint density at radius 3 is 1.95 bits per heavy atom. The number of carbonyl (C=O) groups excluding carboxylic acids is 4. The normalized spacial score (nSPS) is 11.5. The van der Waals surface area contributed by atoms with Gasteiger partial charge in [0.05, 0.1) is 39.7 Å². The fourth-order valence-corrected chi connectivity index (χ4v) is 4.25. The van der Waals surface area contributed by atoms with Gasteiger partial charge in [0.2, 0.25) is 0 Å². The van der Waals surface area contributed by atoms with E-state index in [9.17, 15) is 19.2 Å². The summed E-state index contributed by atoms with van der Waals surface area (Å²) in [5.41, 5.74) is 1.26. The van der Waals surface area contributed by atoms with Gasteiger partial charge in [-0.15, -0.1) is 0 Å². The molecular formula is C27H24N2O8S. The molecule has 196 valence electrons. The van der Waals surface area contributed by atoms with Crippen LogP contribution in [0.15, 0.2) is 82.9 Å². The number of hydrogen-bond donors (Lipinski definition) is 0. The highest BCUT2D eigenvalue weighted by Crippen LogP contribution is 2.32. The minimum Gasteiger partial charge on any atom is -0.466 e. The topological polar surface area (TPSA) is 122 Å². The Balaban J connectivity index is 2.34. The lowest BCUT2D eigenvalue weighted by molar-refractivity contribution is -0.137. The Morgan fingerprint density at radius 2 is 1.39 bits per heavy atom. The van der Waals surface area contributed by atoms with Crippen LogP contribution >= 0.6 is 11.8 Å². The van der Waals surface area contributed by atoms with Gasteiger partial charge in [0, 0.05) is 23.4 Å². The molecular weight excluding hydrogens is 512 g/mol. The van der Waals surface area contributed by atoms with Crippen LogP contribution < -0.4 is 0 Å². The smallest absolute Gasteiger partial charge is 0.345 e. The largest absolute Gasteiger partial charge is 0.466 e. The van der Waals surface area contributed by atoms with E-state index in [-0.39, 0.29) is 26.8 Å². The van der Waals surface area contributed by atoms with Gasteiger partial charge in [0.1, 0.15) is 15.5 Å². The van der Waals surface area contributed by atoms with Gasteiger partial charge < -0.3 is 18.9 Å². The van der Waals surface area contributed by atoms with E-state index < -0.39 is 23.9 Å². The molecule has 1 aromatic heterocycles. The van der Waals surface area contributed by atoms with Crippen molar-refractivity contribution in [2.75, 3.05) is 28.4 Å². The van der Waals surface area contributed by atoms with E-state index in [4.69, 9.17) is 14.2 Å². The third-order valence-corrected chi connectivity index (χ3v) is 6.11. The number of carbonyl (C=O) groups is 4. The quantitative estimate of drug-likeness (QED) is 0.139. The minimum absolute atomic E-state index is 0.0509. The molecule has 0 radical (unpaired) electrons. The van der Waals surface area contributed by atoms with Crippen LogP contribution in [0, 0.1) is 0 Å². The maximum absolute atomic E-state index is 12.9. The number of thioether (sulfide) groups is 1. The van der Waals surface area contributed by atoms with Crippen molar-refractivity contribution in [2.24, 2.45) is 5.10 Å². The van der Waals surface area contributed by atoms with Gasteiger partial charge in [-0.25, -0.2) is 23.9 Å². The summed E-state index contributed by atoms with van der Waals surface area (Å²) in [6.07, 6.45) is 2.33. The lowest BCUT2D eigenvalue weighted by Crippen LogP contribution is -2.11. The summed E-state index contributed by atoms with van der Waals surface area (Å²) in [6.45, 7) is 0. The third-order valence-electron chi connectivity index (χ3n) is 5.09. The SMILES string of the molecule is COC(=O)/C=C(\S/C(=N\n1cc(C(=O)OC)c(C(=O)OC)c1-c1ccccc1)c1ccccc1)C(=O)OC. The van der Waals surface area contributed by atoms with Crippen molar-refractivity contribution in [3.63, 3.8) is 0 Å². The van der Waals surface area contributed by atoms with Gasteiger partial charge in [-0.05, 0) is 0 Å². The second-order valence-electron chi connectivity index (χ2n) is 7.36. The van der Waals surface area contributed by atoms with Gasteiger partial charge >= 0.3 is 23.9 Å². The summed E-state index contributed by atoms with van der Waals surface area (Å²) in [5, 5.41) is 4.93. The highest BCUT2D eigenvalue weighted by Gasteiger charge is 2.29. The first kappa shape index (κ1) is 27.9. The molecule has 0 aliphatic heterocycles. The number of aromatic nitrogens is 1. The molecule has 0 N–H and O–H groups in total. The first-order chi connectivity index (χ1) is 18.3. The Morgan fingerprint density at radius 1 is 0.789 bits per heavy atom. The molecule has 0 atom stereocenters. The summed E-state index contributed by atoms with van der Waals surface area (Å²) in [4.78, 5) is 49.8. The zero-order valence-corrected chi connectivity index (χ0v) is 21.8. The second-order valence-corrected chi connectivity index (χ2v) is 8.39. The van der Waals surface area contributed by atoms with E-state index in [0.717, 1.165) is 17.8 Å². The monoisotopic (exact) mass is 536 g/mol. The van der Waals surface area contributed by atoms with Crippen LogP contribution in [0.2, 0.25) is 0 Å². The molecule has 3 aromatic rings. The first-order valence-corrected chi connectivity index (χ1v) is 11.8. The van der Waals surface area contributed by atoms with Gasteiger partial charge in [0.15, 0.2) is 0 Å². The number of hydrogen-bond acceptors (Lipinski definition) is 10. The van der Waals surface area contributed by atoms with Gasteiger partial charge in [-0.3, -0.25) is 0 Å². The maximum Gasteiger partial charge on any atom is 0.345 e. The van der Waals surface area contributed by atoms with Crippen molar-refractivity contribution in [1.29, 1.82) is 0 Å². The van der Waals surface area contributed by atoms with Crippen LogP contribution in [0.25, 0.3) is 11.3 Å². The molecule has 0 spiro atoms. The van der Waals surface area contributed by atoms with Gasteiger partial charge in [0.25, 0.3) is 0 Å². The number of nitrogens with zero attached hydrogens (tertiary/aromatic N) is 2. The Hall–Kier alpha value is -4.64. The van der Waals surface area contributed by atoms with Crippen molar-refractivity contribution in [3.05, 3.63) is 94.5 Å². The van der Waals surface area contributed by atoms with E-state index in [2.05, 4.69) is 9.84 Å². The second kappa shape index (κ2) is 13.1. The third kappa shape index (κ3) is 6.37. The zero-order valence-electron chi connectivity index (χ0n) is 21.0. The molecule has 0 aliphatic carbocycles. The molecule has 10 nitrogen and oxygen atoms in total. The Labute approximate surface area is 222 Å². The summed E-state index contributed by atoms with van der Waals surface area (Å²) >= 11 is 0.844. The summed E-state index contributed by atoms with van der Waals surface area (Å²) < 4.78 is 20.7. The molecule has 0 unspecified atom stereocenters. The molecule has 0 saturated heterocycles. The van der Waals surface area contributed by atoms with E-state index in [1.165, 1.54) is 39.3 Å². The molecule has 11 heteroatoms. The highest BCUT2D eigenvalue weighted by atomic mass is 32.2. The van der Waals surface area contributed by atoms with E-state index in [1.807, 2.05) is 0 Å². The molecule has 3 rings (SSSR count). The molecule has 1 heterocycles. The van der Waals surface area contributed by atoms with Crippen molar-refractivity contribution in [3.8, 4) is 11.3 Å². The lowest BCUT2D eigenvalue weighted by Gasteiger charge is -2.11. The number of rotatable bonds is 8. The number of ether oxygens (including phenoxy) is 4. The average Bonchev–Trinajstić information content (AvgIpc) is 3.34. The van der Waals surface area contributed by atoms with Crippen molar-refractivity contribution < 1.29 is 38.1 Å². The fourth-order valence-electron chi connectivity index (χ4n) is 3.33. The zero-order chi connectivity index (χ0) is 27.7. The van der Waals surface area contributed by atoms with Crippen LogP contribution in [-0.2, 0) is 28.5 Å². The van der Waals surface area contributed by atoms with Crippen LogP contribution in [0.3, 0.4) is 0 Å². The lowest BCUT2D eigenvalue weighted by atomic mass is 10.0. The van der Waals surface area contributed by atoms with Gasteiger partial charge in [-0.1, -0.05) is 72.4 Å². The summed E-state index contributed by atoms with van der Waals surface area (Å²) in [5.74, 6) is -3.10. The molecule has 0 saturated carbocycles. The Kier molecular flexibility index (Phi) is 9.60. The fraction of sp³-hybridized carbons (Fsp3) is 0.148. The van der Waals surface area contributed by atoms with E-state index >= 15 is 0 Å². The molecule has 38 heavy (non-hydrogen) atoms. The van der Waals surface area contributed by atoms with E-state index in [1.54, 1.807) is 60.7 Å². The van der Waals surface area contributed by atoms with Gasteiger partial charge in [-0.2, -0.15) is 5.10 Å². The highest BCUT2D eigenvalue weighted by molar-refractivity contribution is 8.18. The van der Waals surface area contributed by atoms with Crippen LogP contribution in [0.4, 0.5) is 0 Å². The number of benzene rings is 2. The first-order valence-electron chi connectivity index (χ1n) is 11.0. The predicted octanol–water partition coefficient (Wildman–Crippen LogP) is 3.90. The standard InChI is InChI=1S/C27H24N2O8S/c1-34-21(30)15-20(26(32)36-3)38-24(18-13-9-6-10-14-18)28-29-16-19(25(31)35-2)22(27(33)37-4)23(29)17-11-7-5-8-12-17/h5-16H,1-4H3/b20-15-,28-24-. The van der Waals surface area contributed by atoms with Crippen LogP contribution in [0.1, 0.15) is 26.3 Å². The number of esters is 4. The van der Waals surface area contributed by atoms with E-state index in [0.29, 0.717) is 11.1 Å². The molecule has 0 bridgehead atoms. The molecule has 0 amide bonds. The molecule has 2 aromatic carbocycles. The molecule has 0 fully saturated rings. The summed E-state index contributed by atoms with van der Waals surface area (Å²) in [7, 11) is 4.75. The van der Waals surface area contributed by atoms with Crippen LogP contribution in [0.5, 0.6) is 0 Å². The van der Waals surface area contributed by atoms with Crippen molar-refractivity contribution in [2.45, 2.75) is 0 Å². The average molecular weight is 537 g/mol. The maximum atomic E-state index is 12.9. The van der Waals surface area contributed by atoms with Crippen LogP contribution in [-0.4, -0.2) is 62.0 Å². The number of methoxy groups -OCH3 is 4. The summed E-state index contributed by atoms with van der Waals surface area (Å²) in [6, 6.07) is 17.6. The van der Waals surface area contributed by atoms with Crippen molar-refractivity contribution in [1.82, 2.24) is 4.68 Å². The minimum atomic E-state index is -0.787. The molecule has 0 aliphatic rings. The van der Waals surface area contributed by atoms with Crippen molar-refractivity contribution >= 4 is 40.7 Å². The Bertz CT molecular complexity index is 1400. The predicted molar refractivity (Wildman–Crippen MR) is 141 cm³/mol.